The van der Waals surface area contributed by atoms with Crippen molar-refractivity contribution in [1.82, 2.24) is 0 Å². The molecule has 0 saturated carbocycles. The van der Waals surface area contributed by atoms with E-state index < -0.39 is 10.8 Å². The van der Waals surface area contributed by atoms with Crippen molar-refractivity contribution < 1.29 is 0 Å². The third-order valence-corrected chi connectivity index (χ3v) is 16.1. The van der Waals surface area contributed by atoms with Crippen LogP contribution >= 0.6 is 44.7 Å². The first-order chi connectivity index (χ1) is 40.3. The van der Waals surface area contributed by atoms with Gasteiger partial charge in [-0.3, -0.25) is 0 Å². The van der Waals surface area contributed by atoms with Gasteiger partial charge in [0.25, 0.3) is 0 Å². The van der Waals surface area contributed by atoms with Gasteiger partial charge in [-0.15, -0.1) is 0 Å². The molecule has 1 radical (unpaired) electrons. The van der Waals surface area contributed by atoms with Crippen LogP contribution in [-0.2, 0) is 16.2 Å². The van der Waals surface area contributed by atoms with E-state index in [1.807, 2.05) is 18.2 Å². The summed E-state index contributed by atoms with van der Waals surface area (Å²) in [4.78, 5) is 0. The van der Waals surface area contributed by atoms with Crippen LogP contribution in [0.15, 0.2) is 353 Å². The Morgan fingerprint density at radius 1 is 0.268 bits per heavy atom. The van der Waals surface area contributed by atoms with Gasteiger partial charge in [0.2, 0.25) is 0 Å². The van der Waals surface area contributed by atoms with Crippen LogP contribution in [0.3, 0.4) is 0 Å². The Kier molecular flexibility index (Phi) is 20.0. The number of rotatable bonds is 12. The summed E-state index contributed by atoms with van der Waals surface area (Å²) >= 11 is 10.5. The molecule has 0 heterocycles. The van der Waals surface area contributed by atoms with E-state index in [1.54, 1.807) is 0 Å². The molecule has 0 fully saturated rings. The van der Waals surface area contributed by atoms with Gasteiger partial charge in [0, 0.05) is 20.3 Å². The van der Waals surface area contributed by atoms with Crippen LogP contribution in [0.1, 0.15) is 66.8 Å². The standard InChI is InChI=1S/C25H20BrN.C25H19Br.C25H21N.BHNS/c26-23-18-22(16-17-24(23)27)25(19-10-4-1-5-11-19,20-12-6-2-7-13-20)21-14-8-3-9-15-21;26-24-18-10-17-23(19-24)25(20-11-4-1-5-12-20,21-13-6-2-7-14-21)22-15-8-3-9-16-22;26-24-18-16-23(17-19-24)25(20-10-4-1-5-11-20,21-12-6-2-7-13-21)22-14-8-3-9-15-22;1-2-3/h1-18H,27H2;1-19H;1-19H,26H2;3H. The average Bonchev–Trinajstić information content (AvgIpc) is 2.22. The van der Waals surface area contributed by atoms with Gasteiger partial charge >= 0.3 is 24.8 Å². The molecule has 12 rings (SSSR count). The SMILES string of the molecule is Brc1cccc(C(c2ccccc2)(c2ccccc2)c2ccccc2)c1.Nc1ccc(C(c2ccccc2)(c2ccccc2)c2ccccc2)cc1.Nc1ccc(C(c2ccccc2)(c2ccccc2)c2ccccc2)cc1Br.[B]=NS. The van der Waals surface area contributed by atoms with Crippen molar-refractivity contribution >= 4 is 63.7 Å². The van der Waals surface area contributed by atoms with Crippen molar-refractivity contribution in [3.8, 4) is 0 Å². The van der Waals surface area contributed by atoms with Gasteiger partial charge in [0.05, 0.1) is 16.2 Å². The number of benzene rings is 12. The molecule has 7 heteroatoms. The molecular formula is C75H61BBr2N3S. The summed E-state index contributed by atoms with van der Waals surface area (Å²) in [7, 11) is 4.34. The molecule has 82 heavy (non-hydrogen) atoms. The van der Waals surface area contributed by atoms with Crippen molar-refractivity contribution in [3.63, 3.8) is 0 Å². The molecule has 0 aliphatic rings. The summed E-state index contributed by atoms with van der Waals surface area (Å²) in [6.07, 6.45) is 0. The van der Waals surface area contributed by atoms with E-state index in [4.69, 9.17) is 11.5 Å². The van der Waals surface area contributed by atoms with E-state index in [-0.39, 0.29) is 5.41 Å². The summed E-state index contributed by atoms with van der Waals surface area (Å²) in [5.74, 6) is 0. The molecule has 0 saturated heterocycles. The number of anilines is 2. The number of hydrogen-bond donors (Lipinski definition) is 3. The van der Waals surface area contributed by atoms with E-state index in [0.29, 0.717) is 0 Å². The van der Waals surface area contributed by atoms with Gasteiger partial charge in [-0.2, -0.15) is 0 Å². The molecule has 0 bridgehead atoms. The summed E-state index contributed by atoms with van der Waals surface area (Å²) in [5.41, 5.74) is 27.2. The van der Waals surface area contributed by atoms with Crippen molar-refractivity contribution in [2.45, 2.75) is 16.2 Å². The Morgan fingerprint density at radius 3 is 0.720 bits per heavy atom. The fourth-order valence-electron chi connectivity index (χ4n) is 11.4. The summed E-state index contributed by atoms with van der Waals surface area (Å²) in [6.45, 7) is 0. The van der Waals surface area contributed by atoms with E-state index in [2.05, 4.69) is 378 Å². The molecule has 0 amide bonds. The Morgan fingerprint density at radius 2 is 0.476 bits per heavy atom. The summed E-state index contributed by atoms with van der Waals surface area (Å²) in [5, 5.41) is 0. The van der Waals surface area contributed by atoms with Gasteiger partial charge in [-0.1, -0.05) is 319 Å². The van der Waals surface area contributed by atoms with Crippen LogP contribution in [-0.4, -0.2) is 7.64 Å². The molecule has 4 N–H and O–H groups in total. The molecule has 12 aromatic carbocycles. The first kappa shape index (κ1) is 58.1. The third-order valence-electron chi connectivity index (χ3n) is 14.9. The summed E-state index contributed by atoms with van der Waals surface area (Å²) < 4.78 is 4.69. The third kappa shape index (κ3) is 12.5. The first-order valence-electron chi connectivity index (χ1n) is 27.0. The minimum atomic E-state index is -0.431. The van der Waals surface area contributed by atoms with Gasteiger partial charge in [0.15, 0.2) is 0 Å². The molecular weight excluding hydrogens is 1150 g/mol. The molecule has 0 spiro atoms. The number of nitrogens with two attached hydrogens (primary N) is 2. The van der Waals surface area contributed by atoms with Crippen molar-refractivity contribution in [2.75, 3.05) is 11.5 Å². The molecule has 0 unspecified atom stereocenters. The predicted molar refractivity (Wildman–Crippen MR) is 356 cm³/mol. The maximum absolute atomic E-state index is 6.10. The predicted octanol–water partition coefficient (Wildman–Crippen LogP) is 19.1. The Hall–Kier alpha value is -8.59. The van der Waals surface area contributed by atoms with Gasteiger partial charge in [0.1, 0.15) is 0 Å². The second-order valence-corrected chi connectivity index (χ2v) is 21.5. The second kappa shape index (κ2) is 28.2. The Labute approximate surface area is 507 Å². The molecule has 12 aromatic rings. The fraction of sp³-hybridized carbons (Fsp3) is 0.0400. The van der Waals surface area contributed by atoms with Crippen LogP contribution in [0.25, 0.3) is 0 Å². The van der Waals surface area contributed by atoms with Crippen LogP contribution in [0.2, 0.25) is 0 Å². The zero-order valence-electron chi connectivity index (χ0n) is 45.2. The maximum atomic E-state index is 6.10. The zero-order chi connectivity index (χ0) is 57.0. The van der Waals surface area contributed by atoms with E-state index in [1.165, 1.54) is 66.8 Å². The molecule has 0 aliphatic carbocycles. The van der Waals surface area contributed by atoms with Gasteiger partial charge in [-0.05, 0) is 119 Å². The van der Waals surface area contributed by atoms with E-state index in [9.17, 15) is 0 Å². The number of nitrogens with zero attached hydrogens (tertiary/aromatic N) is 1. The first-order valence-corrected chi connectivity index (χ1v) is 29.0. The number of hydrogen-bond acceptors (Lipinski definition) is 4. The molecule has 0 aromatic heterocycles. The van der Waals surface area contributed by atoms with Crippen LogP contribution in [0.5, 0.6) is 0 Å². The van der Waals surface area contributed by atoms with Crippen molar-refractivity contribution in [1.29, 1.82) is 0 Å². The van der Waals surface area contributed by atoms with Crippen LogP contribution < -0.4 is 11.5 Å². The molecule has 399 valence electrons. The Balaban J connectivity index is 0.000000145. The van der Waals surface area contributed by atoms with Crippen molar-refractivity contribution in [3.05, 3.63) is 415 Å². The molecule has 0 atom stereocenters. The Bertz CT molecular complexity index is 3560. The van der Waals surface area contributed by atoms with E-state index >= 15 is 0 Å². The molecule has 3 nitrogen and oxygen atoms in total. The topological polar surface area (TPSA) is 64.4 Å². The van der Waals surface area contributed by atoms with Gasteiger partial charge < -0.3 is 11.5 Å². The zero-order valence-corrected chi connectivity index (χ0v) is 49.3. The van der Waals surface area contributed by atoms with Gasteiger partial charge in [-0.25, -0.2) is 0 Å². The number of thiol groups is 1. The monoisotopic (exact) mass is 1200 g/mol. The average molecular weight is 1210 g/mol. The van der Waals surface area contributed by atoms with Crippen molar-refractivity contribution in [2.24, 2.45) is 4.30 Å². The summed E-state index contributed by atoms with van der Waals surface area (Å²) in [6, 6.07) is 119. The number of nitrogen functional groups attached to an aromatic ring is 2. The minimum absolute atomic E-state index is 0.367. The quantitative estimate of drug-likeness (QED) is 0.0494. The van der Waals surface area contributed by atoms with Crippen LogP contribution in [0, 0.1) is 0 Å². The normalized spacial score (nSPS) is 11.0. The van der Waals surface area contributed by atoms with E-state index in [0.717, 1.165) is 20.3 Å². The fourth-order valence-corrected chi connectivity index (χ4v) is 12.2. The van der Waals surface area contributed by atoms with Crippen LogP contribution in [0.4, 0.5) is 11.4 Å². The second-order valence-electron chi connectivity index (χ2n) is 19.5. The molecule has 0 aliphatic heterocycles. The number of halogens is 2.